The van der Waals surface area contributed by atoms with E-state index in [2.05, 4.69) is 11.0 Å². The summed E-state index contributed by atoms with van der Waals surface area (Å²) in [5.74, 6) is 0. The van der Waals surface area contributed by atoms with Gasteiger partial charge < -0.3 is 9.64 Å². The summed E-state index contributed by atoms with van der Waals surface area (Å²) in [6.45, 7) is 2.18. The molecule has 0 saturated carbocycles. The van der Waals surface area contributed by atoms with Crippen LogP contribution < -0.4 is 4.90 Å². The highest BCUT2D eigenvalue weighted by molar-refractivity contribution is 5.60. The van der Waals surface area contributed by atoms with E-state index in [1.54, 1.807) is 19.2 Å². The minimum absolute atomic E-state index is 0.0965. The zero-order chi connectivity index (χ0) is 14.5. The Morgan fingerprint density at radius 1 is 1.55 bits per heavy atom. The van der Waals surface area contributed by atoms with E-state index >= 15 is 0 Å². The van der Waals surface area contributed by atoms with Gasteiger partial charge in [0.1, 0.15) is 11.6 Å². The molecule has 1 aromatic rings. The number of hydrogen-bond acceptors (Lipinski definition) is 5. The number of nitro groups is 1. The molecule has 2 rings (SSSR count). The first kappa shape index (κ1) is 14.0. The first-order valence-corrected chi connectivity index (χ1v) is 6.26. The van der Waals surface area contributed by atoms with E-state index in [9.17, 15) is 10.1 Å². The van der Waals surface area contributed by atoms with Crippen LogP contribution in [0.3, 0.4) is 0 Å². The average Bonchev–Trinajstić information content (AvgIpc) is 2.47. The van der Waals surface area contributed by atoms with Crippen molar-refractivity contribution in [2.45, 2.75) is 6.42 Å². The summed E-state index contributed by atoms with van der Waals surface area (Å²) in [6.07, 6.45) is 2.99. The maximum Gasteiger partial charge on any atom is 0.287 e. The zero-order valence-electron chi connectivity index (χ0n) is 11.2. The Kier molecular flexibility index (Phi) is 4.33. The van der Waals surface area contributed by atoms with E-state index in [-0.39, 0.29) is 11.3 Å². The predicted molar refractivity (Wildman–Crippen MR) is 74.6 cm³/mol. The maximum absolute atomic E-state index is 10.8. The number of anilines is 1. The summed E-state index contributed by atoms with van der Waals surface area (Å²) in [5, 5.41) is 19.8. The molecule has 6 nitrogen and oxygen atoms in total. The largest absolute Gasteiger partial charge is 0.380 e. The van der Waals surface area contributed by atoms with Gasteiger partial charge in [0.25, 0.3) is 5.69 Å². The standard InChI is InChI=1S/C14H15N3O3/c1-20-10-11-4-6-16(7-5-11)13-2-3-14(17(18)19)12(8-13)9-15/h2-4,8H,5-7,10H2,1H3. The van der Waals surface area contributed by atoms with E-state index in [4.69, 9.17) is 10.00 Å². The van der Waals surface area contributed by atoms with Gasteiger partial charge in [-0.2, -0.15) is 5.26 Å². The van der Waals surface area contributed by atoms with Crippen molar-refractivity contribution in [1.82, 2.24) is 0 Å². The second-order valence-electron chi connectivity index (χ2n) is 4.56. The lowest BCUT2D eigenvalue weighted by Crippen LogP contribution is -2.29. The van der Waals surface area contributed by atoms with Crippen molar-refractivity contribution in [3.05, 3.63) is 45.5 Å². The van der Waals surface area contributed by atoms with Gasteiger partial charge in [-0.25, -0.2) is 0 Å². The van der Waals surface area contributed by atoms with Crippen LogP contribution in [-0.2, 0) is 4.74 Å². The molecule has 1 heterocycles. The number of nitro benzene ring substituents is 1. The predicted octanol–water partition coefficient (Wildman–Crippen LogP) is 2.25. The van der Waals surface area contributed by atoms with Crippen molar-refractivity contribution in [3.63, 3.8) is 0 Å². The molecule has 0 atom stereocenters. The summed E-state index contributed by atoms with van der Waals surface area (Å²) < 4.78 is 5.10. The normalized spacial score (nSPS) is 14.6. The van der Waals surface area contributed by atoms with Crippen LogP contribution in [0, 0.1) is 21.4 Å². The Labute approximate surface area is 117 Å². The van der Waals surface area contributed by atoms with Gasteiger partial charge in [-0.05, 0) is 24.1 Å². The molecular formula is C14H15N3O3. The third-order valence-electron chi connectivity index (χ3n) is 3.30. The second kappa shape index (κ2) is 6.17. The van der Waals surface area contributed by atoms with Crippen molar-refractivity contribution in [3.8, 4) is 6.07 Å². The summed E-state index contributed by atoms with van der Waals surface area (Å²) >= 11 is 0. The highest BCUT2D eigenvalue weighted by Gasteiger charge is 2.17. The number of nitrogens with zero attached hydrogens (tertiary/aromatic N) is 3. The number of benzene rings is 1. The fourth-order valence-electron chi connectivity index (χ4n) is 2.23. The topological polar surface area (TPSA) is 79.4 Å². The molecule has 1 aromatic carbocycles. The van der Waals surface area contributed by atoms with E-state index in [1.807, 2.05) is 6.07 Å². The maximum atomic E-state index is 10.8. The number of methoxy groups -OCH3 is 1. The van der Waals surface area contributed by atoms with Crippen molar-refractivity contribution in [1.29, 1.82) is 5.26 Å². The summed E-state index contributed by atoms with van der Waals surface area (Å²) in [4.78, 5) is 12.4. The van der Waals surface area contributed by atoms with Crippen LogP contribution in [0.1, 0.15) is 12.0 Å². The molecule has 0 spiro atoms. The molecule has 0 saturated heterocycles. The van der Waals surface area contributed by atoms with Gasteiger partial charge in [0, 0.05) is 32.0 Å². The van der Waals surface area contributed by atoms with E-state index in [0.29, 0.717) is 6.61 Å². The van der Waals surface area contributed by atoms with Crippen molar-refractivity contribution in [2.75, 3.05) is 31.7 Å². The quantitative estimate of drug-likeness (QED) is 0.477. The highest BCUT2D eigenvalue weighted by atomic mass is 16.6. The van der Waals surface area contributed by atoms with Crippen molar-refractivity contribution < 1.29 is 9.66 Å². The molecule has 1 aliphatic heterocycles. The molecule has 0 N–H and O–H groups in total. The minimum atomic E-state index is -0.533. The molecule has 104 valence electrons. The lowest BCUT2D eigenvalue weighted by atomic mass is 10.1. The average molecular weight is 273 g/mol. The third-order valence-corrected chi connectivity index (χ3v) is 3.30. The SMILES string of the molecule is COCC1=CCN(c2ccc([N+](=O)[O-])c(C#N)c2)CC1. The van der Waals surface area contributed by atoms with Crippen LogP contribution in [0.25, 0.3) is 0 Å². The Morgan fingerprint density at radius 2 is 2.35 bits per heavy atom. The van der Waals surface area contributed by atoms with E-state index < -0.39 is 4.92 Å². The first-order valence-electron chi connectivity index (χ1n) is 6.26. The second-order valence-corrected chi connectivity index (χ2v) is 4.56. The fraction of sp³-hybridized carbons (Fsp3) is 0.357. The summed E-state index contributed by atoms with van der Waals surface area (Å²) in [7, 11) is 1.67. The molecule has 20 heavy (non-hydrogen) atoms. The molecule has 1 aliphatic rings. The van der Waals surface area contributed by atoms with Gasteiger partial charge in [-0.3, -0.25) is 10.1 Å². The Morgan fingerprint density at radius 3 is 2.90 bits per heavy atom. The Balaban J connectivity index is 2.19. The molecule has 0 amide bonds. The lowest BCUT2D eigenvalue weighted by Gasteiger charge is -2.28. The van der Waals surface area contributed by atoms with Crippen LogP contribution in [0.15, 0.2) is 29.8 Å². The van der Waals surface area contributed by atoms with E-state index in [0.717, 1.165) is 25.2 Å². The number of nitriles is 1. The van der Waals surface area contributed by atoms with Gasteiger partial charge >= 0.3 is 0 Å². The molecule has 0 aromatic heterocycles. The lowest BCUT2D eigenvalue weighted by molar-refractivity contribution is -0.385. The smallest absolute Gasteiger partial charge is 0.287 e. The van der Waals surface area contributed by atoms with Crippen LogP contribution >= 0.6 is 0 Å². The molecule has 0 radical (unpaired) electrons. The third kappa shape index (κ3) is 2.95. The van der Waals surface area contributed by atoms with Gasteiger partial charge in [-0.1, -0.05) is 6.08 Å². The van der Waals surface area contributed by atoms with Crippen LogP contribution in [0.5, 0.6) is 0 Å². The van der Waals surface area contributed by atoms with Gasteiger partial charge in [0.05, 0.1) is 11.5 Å². The molecule has 0 unspecified atom stereocenters. The van der Waals surface area contributed by atoms with Gasteiger partial charge in [0.2, 0.25) is 0 Å². The summed E-state index contributed by atoms with van der Waals surface area (Å²) in [5.41, 5.74) is 2.04. The number of rotatable bonds is 4. The first-order chi connectivity index (χ1) is 9.65. The number of ether oxygens (including phenoxy) is 1. The van der Waals surface area contributed by atoms with Gasteiger partial charge in [0.15, 0.2) is 0 Å². The minimum Gasteiger partial charge on any atom is -0.380 e. The molecule has 0 bridgehead atoms. The molecule has 0 aliphatic carbocycles. The fourth-order valence-corrected chi connectivity index (χ4v) is 2.23. The van der Waals surface area contributed by atoms with Crippen molar-refractivity contribution >= 4 is 11.4 Å². The Hall–Kier alpha value is -2.39. The molecular weight excluding hydrogens is 258 g/mol. The zero-order valence-corrected chi connectivity index (χ0v) is 11.2. The van der Waals surface area contributed by atoms with Crippen LogP contribution in [0.4, 0.5) is 11.4 Å². The number of hydrogen-bond donors (Lipinski definition) is 0. The van der Waals surface area contributed by atoms with Crippen molar-refractivity contribution in [2.24, 2.45) is 0 Å². The highest BCUT2D eigenvalue weighted by Crippen LogP contribution is 2.26. The molecule has 0 fully saturated rings. The summed E-state index contributed by atoms with van der Waals surface area (Å²) in [6, 6.07) is 6.54. The van der Waals surface area contributed by atoms with Crippen LogP contribution in [-0.4, -0.2) is 31.7 Å². The Bertz CT molecular complexity index is 590. The van der Waals surface area contributed by atoms with E-state index in [1.165, 1.54) is 11.6 Å². The molecule has 6 heteroatoms. The van der Waals surface area contributed by atoms with Gasteiger partial charge in [-0.15, -0.1) is 0 Å². The monoisotopic (exact) mass is 273 g/mol. The van der Waals surface area contributed by atoms with Crippen LogP contribution in [0.2, 0.25) is 0 Å².